The molecule has 0 aliphatic heterocycles. The molecule has 0 amide bonds. The van der Waals surface area contributed by atoms with Gasteiger partial charge in [-0.15, -0.1) is 0 Å². The minimum absolute atomic E-state index is 0.205. The van der Waals surface area contributed by atoms with E-state index in [1.807, 2.05) is 12.1 Å². The zero-order chi connectivity index (χ0) is 18.2. The fraction of sp³-hybridized carbons (Fsp3) is 0.263. The molecule has 1 aromatic carbocycles. The highest BCUT2D eigenvalue weighted by atomic mass is 16.5. The lowest BCUT2D eigenvalue weighted by atomic mass is 10.1. The predicted octanol–water partition coefficient (Wildman–Crippen LogP) is 3.14. The van der Waals surface area contributed by atoms with Crippen molar-refractivity contribution in [3.63, 3.8) is 0 Å². The van der Waals surface area contributed by atoms with Gasteiger partial charge in [0, 0.05) is 19.3 Å². The number of aryl methyl sites for hydroxylation is 2. The van der Waals surface area contributed by atoms with Gasteiger partial charge in [-0.25, -0.2) is 4.79 Å². The number of carbonyl (C=O) groups excluding carboxylic acids is 1. The van der Waals surface area contributed by atoms with Gasteiger partial charge in [0.15, 0.2) is 6.61 Å². The van der Waals surface area contributed by atoms with Crippen LogP contribution in [0.3, 0.4) is 0 Å². The Labute approximate surface area is 151 Å². The quantitative estimate of drug-likeness (QED) is 0.454. The van der Waals surface area contributed by atoms with Crippen LogP contribution in [-0.2, 0) is 17.8 Å². The normalized spacial score (nSPS) is 10.5. The Kier molecular flexibility index (Phi) is 5.92. The number of nitrogens with zero attached hydrogens (tertiary/aromatic N) is 3. The molecule has 2 aromatic heterocycles. The lowest BCUT2D eigenvalue weighted by Gasteiger charge is -2.07. The third kappa shape index (κ3) is 5.14. The van der Waals surface area contributed by atoms with Gasteiger partial charge in [0.25, 0.3) is 0 Å². The molecule has 0 aliphatic rings. The van der Waals surface area contributed by atoms with Crippen LogP contribution >= 0.6 is 0 Å². The number of aromatic nitrogens is 3. The third-order valence-electron chi connectivity index (χ3n) is 3.62. The van der Waals surface area contributed by atoms with Crippen LogP contribution < -0.4 is 4.74 Å². The number of pyridine rings is 1. The van der Waals surface area contributed by atoms with Gasteiger partial charge in [0.2, 0.25) is 11.7 Å². The molecule has 0 saturated heterocycles. The highest BCUT2D eigenvalue weighted by Gasteiger charge is 2.08. The summed E-state index contributed by atoms with van der Waals surface area (Å²) in [5.41, 5.74) is 1.66. The SMILES string of the molecule is Cc1nc(COc2ccc(C(=O)OCCCc3ccncc3)cc2)no1. The molecular formula is C19H19N3O4. The zero-order valence-corrected chi connectivity index (χ0v) is 14.4. The van der Waals surface area contributed by atoms with E-state index in [9.17, 15) is 4.79 Å². The van der Waals surface area contributed by atoms with E-state index in [1.54, 1.807) is 43.6 Å². The molecule has 7 heteroatoms. The monoisotopic (exact) mass is 353 g/mol. The summed E-state index contributed by atoms with van der Waals surface area (Å²) in [4.78, 5) is 20.1. The Bertz CT molecular complexity index is 832. The number of carbonyl (C=O) groups is 1. The highest BCUT2D eigenvalue weighted by Crippen LogP contribution is 2.14. The number of hydrogen-bond donors (Lipinski definition) is 0. The maximum atomic E-state index is 12.0. The predicted molar refractivity (Wildman–Crippen MR) is 92.6 cm³/mol. The van der Waals surface area contributed by atoms with E-state index >= 15 is 0 Å². The number of benzene rings is 1. The molecule has 0 bridgehead atoms. The van der Waals surface area contributed by atoms with Crippen LogP contribution in [0.25, 0.3) is 0 Å². The summed E-state index contributed by atoms with van der Waals surface area (Å²) in [6, 6.07) is 10.7. The van der Waals surface area contributed by atoms with E-state index in [4.69, 9.17) is 14.0 Å². The molecule has 0 unspecified atom stereocenters. The molecule has 3 aromatic rings. The molecule has 26 heavy (non-hydrogen) atoms. The van der Waals surface area contributed by atoms with Crippen LogP contribution in [0, 0.1) is 6.92 Å². The zero-order valence-electron chi connectivity index (χ0n) is 14.4. The lowest BCUT2D eigenvalue weighted by molar-refractivity contribution is 0.0500. The summed E-state index contributed by atoms with van der Waals surface area (Å²) in [6.07, 6.45) is 5.12. The molecule has 134 valence electrons. The topological polar surface area (TPSA) is 87.3 Å². The summed E-state index contributed by atoms with van der Waals surface area (Å²) in [5, 5.41) is 3.75. The smallest absolute Gasteiger partial charge is 0.338 e. The van der Waals surface area contributed by atoms with E-state index < -0.39 is 0 Å². The van der Waals surface area contributed by atoms with Crippen molar-refractivity contribution in [3.8, 4) is 5.75 Å². The van der Waals surface area contributed by atoms with E-state index in [2.05, 4.69) is 15.1 Å². The molecule has 7 nitrogen and oxygen atoms in total. The van der Waals surface area contributed by atoms with Gasteiger partial charge < -0.3 is 14.0 Å². The number of ether oxygens (including phenoxy) is 2. The van der Waals surface area contributed by atoms with Crippen LogP contribution in [0.2, 0.25) is 0 Å². The van der Waals surface area contributed by atoms with E-state index in [1.165, 1.54) is 5.56 Å². The fourth-order valence-electron chi connectivity index (χ4n) is 2.31. The van der Waals surface area contributed by atoms with Crippen molar-refractivity contribution in [2.75, 3.05) is 6.61 Å². The van der Waals surface area contributed by atoms with E-state index in [0.717, 1.165) is 12.8 Å². The summed E-state index contributed by atoms with van der Waals surface area (Å²) in [6.45, 7) is 2.29. The molecule has 0 atom stereocenters. The summed E-state index contributed by atoms with van der Waals surface area (Å²) < 4.78 is 15.7. The molecule has 0 aliphatic carbocycles. The molecule has 3 rings (SSSR count). The van der Waals surface area contributed by atoms with Crippen LogP contribution in [0.4, 0.5) is 0 Å². The maximum absolute atomic E-state index is 12.0. The second-order valence-corrected chi connectivity index (χ2v) is 5.64. The average Bonchev–Trinajstić information content (AvgIpc) is 3.10. The summed E-state index contributed by atoms with van der Waals surface area (Å²) >= 11 is 0. The minimum atomic E-state index is -0.347. The number of rotatable bonds is 8. The van der Waals surface area contributed by atoms with Crippen molar-refractivity contribution in [1.82, 2.24) is 15.1 Å². The molecule has 0 fully saturated rings. The Hall–Kier alpha value is -3.22. The molecule has 0 spiro atoms. The van der Waals surface area contributed by atoms with Crippen molar-refractivity contribution in [2.24, 2.45) is 0 Å². The van der Waals surface area contributed by atoms with Gasteiger partial charge in [-0.1, -0.05) is 5.16 Å². The van der Waals surface area contributed by atoms with Gasteiger partial charge in [0.05, 0.1) is 12.2 Å². The van der Waals surface area contributed by atoms with E-state index in [-0.39, 0.29) is 12.6 Å². The van der Waals surface area contributed by atoms with Gasteiger partial charge in [0.1, 0.15) is 5.75 Å². The first-order chi connectivity index (χ1) is 12.7. The van der Waals surface area contributed by atoms with Crippen molar-refractivity contribution in [2.45, 2.75) is 26.4 Å². The second kappa shape index (κ2) is 8.75. The van der Waals surface area contributed by atoms with Crippen molar-refractivity contribution in [1.29, 1.82) is 0 Å². The first-order valence-electron chi connectivity index (χ1n) is 8.29. The largest absolute Gasteiger partial charge is 0.485 e. The van der Waals surface area contributed by atoms with Crippen molar-refractivity contribution in [3.05, 3.63) is 71.6 Å². The molecule has 0 radical (unpaired) electrons. The van der Waals surface area contributed by atoms with Crippen molar-refractivity contribution < 1.29 is 18.8 Å². The molecular weight excluding hydrogens is 334 g/mol. The summed E-state index contributed by atoms with van der Waals surface area (Å²) in [7, 11) is 0. The van der Waals surface area contributed by atoms with Crippen LogP contribution in [0.1, 0.15) is 34.1 Å². The molecule has 2 heterocycles. The fourth-order valence-corrected chi connectivity index (χ4v) is 2.31. The van der Waals surface area contributed by atoms with Crippen LogP contribution in [0.5, 0.6) is 5.75 Å². The van der Waals surface area contributed by atoms with Gasteiger partial charge >= 0.3 is 5.97 Å². The Morgan fingerprint density at radius 1 is 1.12 bits per heavy atom. The van der Waals surface area contributed by atoms with Gasteiger partial charge in [-0.3, -0.25) is 4.98 Å². The van der Waals surface area contributed by atoms with Crippen LogP contribution in [-0.4, -0.2) is 27.7 Å². The standard InChI is InChI=1S/C19H19N3O4/c1-14-21-18(22-26-14)13-25-17-6-4-16(5-7-17)19(23)24-12-2-3-15-8-10-20-11-9-15/h4-11H,2-3,12-13H2,1H3. The average molecular weight is 353 g/mol. The van der Waals surface area contributed by atoms with Crippen LogP contribution in [0.15, 0.2) is 53.3 Å². The molecule has 0 N–H and O–H groups in total. The maximum Gasteiger partial charge on any atom is 0.338 e. The van der Waals surface area contributed by atoms with Gasteiger partial charge in [-0.05, 0) is 54.8 Å². The lowest BCUT2D eigenvalue weighted by Crippen LogP contribution is -2.07. The first kappa shape index (κ1) is 17.6. The third-order valence-corrected chi connectivity index (χ3v) is 3.62. The second-order valence-electron chi connectivity index (χ2n) is 5.64. The number of esters is 1. The van der Waals surface area contributed by atoms with Gasteiger partial charge in [-0.2, -0.15) is 4.98 Å². The molecule has 0 saturated carbocycles. The Morgan fingerprint density at radius 3 is 2.58 bits per heavy atom. The highest BCUT2D eigenvalue weighted by molar-refractivity contribution is 5.89. The minimum Gasteiger partial charge on any atom is -0.485 e. The Balaban J connectivity index is 1.41. The van der Waals surface area contributed by atoms with Crippen molar-refractivity contribution >= 4 is 5.97 Å². The van der Waals surface area contributed by atoms with E-state index in [0.29, 0.717) is 29.6 Å². The Morgan fingerprint density at radius 2 is 1.88 bits per heavy atom. The summed E-state index contributed by atoms with van der Waals surface area (Å²) in [5.74, 6) is 1.23. The first-order valence-corrected chi connectivity index (χ1v) is 8.29. The number of hydrogen-bond acceptors (Lipinski definition) is 7.